The predicted octanol–water partition coefficient (Wildman–Crippen LogP) is 0.917. The summed E-state index contributed by atoms with van der Waals surface area (Å²) in [5.74, 6) is -0.0656. The van der Waals surface area contributed by atoms with Crippen molar-refractivity contribution in [2.45, 2.75) is 6.54 Å². The van der Waals surface area contributed by atoms with Gasteiger partial charge >= 0.3 is 0 Å². The van der Waals surface area contributed by atoms with Gasteiger partial charge in [0.25, 0.3) is 5.91 Å². The van der Waals surface area contributed by atoms with Crippen molar-refractivity contribution >= 4 is 29.1 Å². The van der Waals surface area contributed by atoms with Crippen molar-refractivity contribution in [2.24, 2.45) is 0 Å². The van der Waals surface area contributed by atoms with Gasteiger partial charge in [-0.2, -0.15) is 5.43 Å². The summed E-state index contributed by atoms with van der Waals surface area (Å²) in [5.41, 5.74) is 6.37. The number of nitrogens with one attached hydrogen (secondary N) is 1. The van der Waals surface area contributed by atoms with Crippen LogP contribution in [0.5, 0.6) is 0 Å². The Kier molecular flexibility index (Phi) is 4.24. The molecule has 1 amide bonds. The van der Waals surface area contributed by atoms with E-state index in [2.05, 4.69) is 10.3 Å². The van der Waals surface area contributed by atoms with Gasteiger partial charge in [-0.3, -0.25) is 9.69 Å². The summed E-state index contributed by atoms with van der Waals surface area (Å²) >= 11 is 11.9. The number of carbonyl (C=O) groups is 1. The first-order valence-electron chi connectivity index (χ1n) is 5.51. The van der Waals surface area contributed by atoms with Crippen LogP contribution >= 0.6 is 23.2 Å². The summed E-state index contributed by atoms with van der Waals surface area (Å²) < 4.78 is 0. The van der Waals surface area contributed by atoms with Crippen LogP contribution < -0.4 is 10.9 Å². The molecule has 0 saturated heterocycles. The molecule has 1 aliphatic heterocycles. The largest absolute Gasteiger partial charge is 0.294 e. The van der Waals surface area contributed by atoms with Gasteiger partial charge in [0, 0.05) is 16.6 Å². The highest BCUT2D eigenvalue weighted by Gasteiger charge is 2.16. The van der Waals surface area contributed by atoms with Crippen molar-refractivity contribution < 1.29 is 10.2 Å². The molecule has 3 N–H and O–H groups in total. The molecule has 96 valence electrons. The van der Waals surface area contributed by atoms with Crippen LogP contribution in [0.25, 0.3) is 0 Å². The van der Waals surface area contributed by atoms with Crippen molar-refractivity contribution in [1.82, 2.24) is 10.3 Å². The van der Waals surface area contributed by atoms with Crippen LogP contribution in [0, 0.1) is 0 Å². The highest BCUT2D eigenvalue weighted by atomic mass is 35.5. The van der Waals surface area contributed by atoms with Gasteiger partial charge in [-0.05, 0) is 30.8 Å². The zero-order valence-electron chi connectivity index (χ0n) is 9.91. The number of hydrogen-bond donors (Lipinski definition) is 2. The second-order valence-corrected chi connectivity index (χ2v) is 5.20. The Morgan fingerprint density at radius 2 is 1.89 bits per heavy atom. The normalized spacial score (nSPS) is 14.9. The fraction of sp³-hybridized carbons (Fsp3) is 0.250. The van der Waals surface area contributed by atoms with Gasteiger partial charge < -0.3 is 0 Å². The lowest BCUT2D eigenvalue weighted by Gasteiger charge is -2.15. The Balaban J connectivity index is 1.96. The number of halogens is 2. The summed E-state index contributed by atoms with van der Waals surface area (Å²) in [6, 6.07) is 5.49. The smallest absolute Gasteiger partial charge is 0.293 e. The van der Waals surface area contributed by atoms with E-state index in [1.807, 2.05) is 19.2 Å². The lowest BCUT2D eigenvalue weighted by atomic mass is 10.2. The van der Waals surface area contributed by atoms with Crippen molar-refractivity contribution in [1.29, 1.82) is 0 Å². The monoisotopic (exact) mass is 286 g/mol. The topological polar surface area (TPSA) is 49.0 Å². The summed E-state index contributed by atoms with van der Waals surface area (Å²) in [7, 11) is 1.98. The van der Waals surface area contributed by atoms with E-state index in [0.717, 1.165) is 17.8 Å². The SMILES string of the molecule is CN(CC1=CC(=O)N[NH2+]1)Cc1cc(Cl)cc(Cl)c1. The highest BCUT2D eigenvalue weighted by Crippen LogP contribution is 2.19. The van der Waals surface area contributed by atoms with E-state index in [1.54, 1.807) is 17.6 Å². The molecule has 1 aromatic carbocycles. The van der Waals surface area contributed by atoms with Gasteiger partial charge in [0.15, 0.2) is 0 Å². The van der Waals surface area contributed by atoms with E-state index in [-0.39, 0.29) is 5.91 Å². The number of likely N-dealkylation sites (N-methyl/N-ethyl adjacent to an activating group) is 1. The molecule has 4 nitrogen and oxygen atoms in total. The van der Waals surface area contributed by atoms with Crippen LogP contribution in [-0.2, 0) is 11.3 Å². The van der Waals surface area contributed by atoms with Crippen LogP contribution in [-0.4, -0.2) is 24.4 Å². The van der Waals surface area contributed by atoms with E-state index in [0.29, 0.717) is 16.6 Å². The van der Waals surface area contributed by atoms with Crippen molar-refractivity contribution in [3.05, 3.63) is 45.6 Å². The first-order chi connectivity index (χ1) is 8.52. The zero-order chi connectivity index (χ0) is 13.1. The fourth-order valence-corrected chi connectivity index (χ4v) is 2.46. The molecule has 0 unspecified atom stereocenters. The molecule has 0 atom stereocenters. The van der Waals surface area contributed by atoms with E-state index in [1.165, 1.54) is 0 Å². The van der Waals surface area contributed by atoms with E-state index in [4.69, 9.17) is 23.2 Å². The van der Waals surface area contributed by atoms with Crippen molar-refractivity contribution in [2.75, 3.05) is 13.6 Å². The van der Waals surface area contributed by atoms with Crippen molar-refractivity contribution in [3.8, 4) is 0 Å². The second-order valence-electron chi connectivity index (χ2n) is 4.32. The van der Waals surface area contributed by atoms with E-state index in [9.17, 15) is 4.79 Å². The molecule has 18 heavy (non-hydrogen) atoms. The summed E-state index contributed by atoms with van der Waals surface area (Å²) in [5, 5.41) is 1.27. The van der Waals surface area contributed by atoms with Crippen LogP contribution in [0.1, 0.15) is 5.56 Å². The molecule has 1 aromatic rings. The third-order valence-electron chi connectivity index (χ3n) is 2.54. The number of carbonyl (C=O) groups excluding carboxylic acids is 1. The molecule has 1 heterocycles. The Bertz CT molecular complexity index is 482. The van der Waals surface area contributed by atoms with Crippen LogP contribution in [0.15, 0.2) is 30.0 Å². The van der Waals surface area contributed by atoms with Crippen molar-refractivity contribution in [3.63, 3.8) is 0 Å². The number of quaternary nitrogens is 1. The van der Waals surface area contributed by atoms with Gasteiger partial charge in [0.1, 0.15) is 5.70 Å². The van der Waals surface area contributed by atoms with Gasteiger partial charge in [-0.15, -0.1) is 0 Å². The molecule has 0 aliphatic carbocycles. The van der Waals surface area contributed by atoms with Crippen LogP contribution in [0.3, 0.4) is 0 Å². The molecule has 0 fully saturated rings. The first kappa shape index (κ1) is 13.4. The van der Waals surface area contributed by atoms with Gasteiger partial charge in [0.2, 0.25) is 0 Å². The minimum absolute atomic E-state index is 0.0656. The third kappa shape index (κ3) is 3.71. The minimum Gasteiger partial charge on any atom is -0.293 e. The van der Waals surface area contributed by atoms with Gasteiger partial charge in [-0.25, -0.2) is 5.43 Å². The predicted molar refractivity (Wildman–Crippen MR) is 70.9 cm³/mol. The third-order valence-corrected chi connectivity index (χ3v) is 2.98. The maximum Gasteiger partial charge on any atom is 0.294 e. The molecule has 6 heteroatoms. The standard InChI is InChI=1S/C12H13Cl2N3O/c1-17(7-11-5-12(18)16-15-11)6-8-2-9(13)4-10(14)3-8/h2-5H,6-7H2,1H3,(H2,15,16,18)/p+1. The number of nitrogens with two attached hydrogens (primary N) is 1. The Morgan fingerprint density at radius 3 is 2.44 bits per heavy atom. The van der Waals surface area contributed by atoms with Gasteiger partial charge in [0.05, 0.1) is 12.6 Å². The Hall–Kier alpha value is -1.07. The fourth-order valence-electron chi connectivity index (χ4n) is 1.89. The highest BCUT2D eigenvalue weighted by molar-refractivity contribution is 6.34. The van der Waals surface area contributed by atoms with E-state index >= 15 is 0 Å². The zero-order valence-corrected chi connectivity index (χ0v) is 11.4. The molecule has 0 aromatic heterocycles. The molecular weight excluding hydrogens is 273 g/mol. The Labute approximate surface area is 116 Å². The summed E-state index contributed by atoms with van der Waals surface area (Å²) in [6.45, 7) is 1.42. The molecule has 2 rings (SSSR count). The number of nitrogens with zero attached hydrogens (tertiary/aromatic N) is 1. The quantitative estimate of drug-likeness (QED) is 0.639. The van der Waals surface area contributed by atoms with Gasteiger partial charge in [-0.1, -0.05) is 23.2 Å². The van der Waals surface area contributed by atoms with Crippen LogP contribution in [0.2, 0.25) is 10.0 Å². The van der Waals surface area contributed by atoms with E-state index < -0.39 is 0 Å². The molecular formula is C12H14Cl2N3O+. The maximum absolute atomic E-state index is 11.0. The maximum atomic E-state index is 11.0. The second kappa shape index (κ2) is 5.71. The number of amides is 1. The number of benzene rings is 1. The molecule has 0 bridgehead atoms. The lowest BCUT2D eigenvalue weighted by Crippen LogP contribution is -2.90. The summed E-state index contributed by atoms with van der Waals surface area (Å²) in [6.07, 6.45) is 1.60. The Morgan fingerprint density at radius 1 is 1.22 bits per heavy atom. The van der Waals surface area contributed by atoms with Crippen LogP contribution in [0.4, 0.5) is 0 Å². The first-order valence-corrected chi connectivity index (χ1v) is 6.26. The number of rotatable bonds is 4. The summed E-state index contributed by atoms with van der Waals surface area (Å²) in [4.78, 5) is 13.1. The molecule has 0 radical (unpaired) electrons. The minimum atomic E-state index is -0.0656. The molecule has 1 aliphatic rings. The lowest BCUT2D eigenvalue weighted by molar-refractivity contribution is -0.647. The number of hydrogen-bond acceptors (Lipinski definition) is 2. The molecule has 0 spiro atoms. The average Bonchev–Trinajstić information content (AvgIpc) is 2.61. The molecule has 0 saturated carbocycles. The average molecular weight is 287 g/mol.